The van der Waals surface area contributed by atoms with Crippen molar-refractivity contribution in [2.75, 3.05) is 19.5 Å². The minimum atomic E-state index is -3.38. The van der Waals surface area contributed by atoms with E-state index in [1.54, 1.807) is 13.8 Å². The van der Waals surface area contributed by atoms with E-state index < -0.39 is 24.8 Å². The van der Waals surface area contributed by atoms with Crippen LogP contribution in [0.15, 0.2) is 15.8 Å². The second-order valence-corrected chi connectivity index (χ2v) is 6.46. The number of aryl methyl sites for hydroxylation is 1. The van der Waals surface area contributed by atoms with Crippen molar-refractivity contribution in [2.45, 2.75) is 27.3 Å². The molecule has 1 heterocycles. The summed E-state index contributed by atoms with van der Waals surface area (Å²) < 4.78 is 23.3. The molecule has 1 rings (SSSR count). The summed E-state index contributed by atoms with van der Waals surface area (Å²) >= 11 is 0. The Morgan fingerprint density at radius 2 is 1.91 bits per heavy atom. The second-order valence-electron chi connectivity index (χ2n) is 4.40. The van der Waals surface area contributed by atoms with Crippen LogP contribution in [-0.4, -0.2) is 35.0 Å². The summed E-state index contributed by atoms with van der Waals surface area (Å²) in [5, 5.41) is 2.40. The molecule has 1 aromatic rings. The average molecular weight is 333 g/mol. The van der Waals surface area contributed by atoms with Gasteiger partial charge in [-0.25, -0.2) is 4.79 Å². The molecule has 0 unspecified atom stereocenters. The summed E-state index contributed by atoms with van der Waals surface area (Å²) in [5.74, 6) is -0.548. The van der Waals surface area contributed by atoms with E-state index in [0.717, 1.165) is 4.57 Å². The lowest BCUT2D eigenvalue weighted by Gasteiger charge is -2.17. The van der Waals surface area contributed by atoms with Crippen molar-refractivity contribution in [3.8, 4) is 0 Å². The molecule has 0 aliphatic heterocycles. The van der Waals surface area contributed by atoms with E-state index in [4.69, 9.17) is 9.05 Å². The van der Waals surface area contributed by atoms with E-state index in [1.165, 1.54) is 13.1 Å². The van der Waals surface area contributed by atoms with Crippen LogP contribution in [0.5, 0.6) is 0 Å². The van der Waals surface area contributed by atoms with Gasteiger partial charge in [-0.15, -0.1) is 0 Å². The van der Waals surface area contributed by atoms with Crippen LogP contribution in [0.3, 0.4) is 0 Å². The Labute approximate surface area is 127 Å². The minimum Gasteiger partial charge on any atom is -0.343 e. The van der Waals surface area contributed by atoms with Crippen LogP contribution in [0.25, 0.3) is 0 Å². The molecular weight excluding hydrogens is 313 g/mol. The molecule has 1 aromatic heterocycles. The number of carbonyl (C=O) groups excluding carboxylic acids is 1. The maximum Gasteiger partial charge on any atom is 0.349 e. The fraction of sp³-hybridized carbons (Fsp3) is 0.583. The van der Waals surface area contributed by atoms with Crippen LogP contribution in [0.1, 0.15) is 19.4 Å². The highest BCUT2D eigenvalue weighted by Crippen LogP contribution is 2.46. The van der Waals surface area contributed by atoms with Gasteiger partial charge in [0.15, 0.2) is 0 Å². The largest absolute Gasteiger partial charge is 0.349 e. The fourth-order valence-electron chi connectivity index (χ4n) is 1.65. The molecule has 0 fully saturated rings. The SMILES string of the molecule is CCOP(=O)(CNC(=O)Cn1cc(C)c(=O)[nH]c1=O)OCC. The van der Waals surface area contributed by atoms with Gasteiger partial charge in [-0.05, 0) is 20.8 Å². The van der Waals surface area contributed by atoms with E-state index in [2.05, 4.69) is 10.3 Å². The van der Waals surface area contributed by atoms with Gasteiger partial charge < -0.3 is 14.4 Å². The lowest BCUT2D eigenvalue weighted by molar-refractivity contribution is -0.121. The summed E-state index contributed by atoms with van der Waals surface area (Å²) in [5.41, 5.74) is -0.885. The first kappa shape index (κ1) is 18.3. The fourth-order valence-corrected chi connectivity index (χ4v) is 3.07. The van der Waals surface area contributed by atoms with Crippen LogP contribution in [0.2, 0.25) is 0 Å². The summed E-state index contributed by atoms with van der Waals surface area (Å²) in [7, 11) is -3.38. The van der Waals surface area contributed by atoms with Gasteiger partial charge in [-0.3, -0.25) is 23.7 Å². The van der Waals surface area contributed by atoms with Crippen LogP contribution in [0, 0.1) is 6.92 Å². The molecule has 0 radical (unpaired) electrons. The van der Waals surface area contributed by atoms with Crippen molar-refractivity contribution in [1.82, 2.24) is 14.9 Å². The Morgan fingerprint density at radius 1 is 1.32 bits per heavy atom. The van der Waals surface area contributed by atoms with Gasteiger partial charge in [0.25, 0.3) is 5.56 Å². The lowest BCUT2D eigenvalue weighted by atomic mass is 10.4. The zero-order valence-corrected chi connectivity index (χ0v) is 13.6. The Hall–Kier alpha value is -1.70. The Morgan fingerprint density at radius 3 is 2.45 bits per heavy atom. The number of aromatic nitrogens is 2. The average Bonchev–Trinajstić information content (AvgIpc) is 2.43. The molecule has 2 N–H and O–H groups in total. The lowest BCUT2D eigenvalue weighted by Crippen LogP contribution is -2.36. The van der Waals surface area contributed by atoms with Crippen LogP contribution in [0.4, 0.5) is 0 Å². The molecule has 22 heavy (non-hydrogen) atoms. The Bertz CT molecular complexity index is 670. The van der Waals surface area contributed by atoms with Crippen molar-refractivity contribution < 1.29 is 18.4 Å². The predicted molar refractivity (Wildman–Crippen MR) is 79.9 cm³/mol. The standard InChI is InChI=1S/C12H20N3O6P/c1-4-20-22(19,21-5-2)8-13-10(16)7-15-6-9(3)11(17)14-12(15)18/h6H,4-5,7-8H2,1-3H3,(H,13,16)(H,14,17,18). The number of H-pyrrole nitrogens is 1. The number of hydrogen-bond acceptors (Lipinski definition) is 6. The number of aromatic amines is 1. The molecule has 0 atom stereocenters. The maximum absolute atomic E-state index is 12.2. The first-order chi connectivity index (χ1) is 10.3. The van der Waals surface area contributed by atoms with E-state index in [9.17, 15) is 18.9 Å². The molecule has 10 heteroatoms. The maximum atomic E-state index is 12.2. The molecule has 0 aliphatic carbocycles. The first-order valence-electron chi connectivity index (χ1n) is 6.76. The molecule has 1 amide bonds. The second kappa shape index (κ2) is 8.07. The first-order valence-corrected chi connectivity index (χ1v) is 8.49. The Balaban J connectivity index is 2.71. The molecular formula is C12H20N3O6P. The number of carbonyl (C=O) groups is 1. The van der Waals surface area contributed by atoms with Crippen LogP contribution >= 0.6 is 7.60 Å². The van der Waals surface area contributed by atoms with Gasteiger partial charge in [0.1, 0.15) is 12.8 Å². The van der Waals surface area contributed by atoms with Gasteiger partial charge in [-0.2, -0.15) is 0 Å². The van der Waals surface area contributed by atoms with E-state index >= 15 is 0 Å². The van der Waals surface area contributed by atoms with Crippen molar-refractivity contribution in [3.63, 3.8) is 0 Å². The van der Waals surface area contributed by atoms with Gasteiger partial charge in [-0.1, -0.05) is 0 Å². The minimum absolute atomic E-state index is 0.186. The topological polar surface area (TPSA) is 119 Å². The van der Waals surface area contributed by atoms with Crippen molar-refractivity contribution in [2.24, 2.45) is 0 Å². The third-order valence-electron chi connectivity index (χ3n) is 2.62. The highest BCUT2D eigenvalue weighted by Gasteiger charge is 2.24. The Kier molecular flexibility index (Phi) is 6.73. The van der Waals surface area contributed by atoms with Gasteiger partial charge in [0.2, 0.25) is 5.91 Å². The van der Waals surface area contributed by atoms with Gasteiger partial charge in [0, 0.05) is 11.8 Å². The number of hydrogen-bond donors (Lipinski definition) is 2. The molecule has 9 nitrogen and oxygen atoms in total. The number of nitrogens with zero attached hydrogens (tertiary/aromatic N) is 1. The monoisotopic (exact) mass is 333 g/mol. The smallest absolute Gasteiger partial charge is 0.343 e. The summed E-state index contributed by atoms with van der Waals surface area (Å²) in [6.45, 7) is 4.91. The third kappa shape index (κ3) is 5.25. The highest BCUT2D eigenvalue weighted by atomic mass is 31.2. The number of nitrogens with one attached hydrogen (secondary N) is 2. The molecule has 124 valence electrons. The zero-order valence-electron chi connectivity index (χ0n) is 12.7. The van der Waals surface area contributed by atoms with E-state index in [0.29, 0.717) is 5.56 Å². The highest BCUT2D eigenvalue weighted by molar-refractivity contribution is 7.53. The van der Waals surface area contributed by atoms with Crippen LogP contribution in [-0.2, 0) is 25.0 Å². The quantitative estimate of drug-likeness (QED) is 0.655. The van der Waals surface area contributed by atoms with Crippen molar-refractivity contribution >= 4 is 13.5 Å². The number of amides is 1. The molecule has 0 bridgehead atoms. The molecule has 0 aromatic carbocycles. The zero-order chi connectivity index (χ0) is 16.8. The number of rotatable bonds is 8. The summed E-state index contributed by atoms with van der Waals surface area (Å²) in [4.78, 5) is 36.7. The van der Waals surface area contributed by atoms with Crippen molar-refractivity contribution in [1.29, 1.82) is 0 Å². The van der Waals surface area contributed by atoms with Crippen LogP contribution < -0.4 is 16.6 Å². The van der Waals surface area contributed by atoms with Gasteiger partial charge >= 0.3 is 13.3 Å². The molecule has 0 saturated carbocycles. The van der Waals surface area contributed by atoms with Gasteiger partial charge in [0.05, 0.1) is 13.2 Å². The normalized spacial score (nSPS) is 11.4. The molecule has 0 spiro atoms. The molecule has 0 aliphatic rings. The predicted octanol–water partition coefficient (Wildman–Crippen LogP) is 0.185. The summed E-state index contributed by atoms with van der Waals surface area (Å²) in [6, 6.07) is 0. The summed E-state index contributed by atoms with van der Waals surface area (Å²) in [6.07, 6.45) is 0.996. The van der Waals surface area contributed by atoms with E-state index in [-0.39, 0.29) is 26.0 Å². The van der Waals surface area contributed by atoms with E-state index in [1.807, 2.05) is 0 Å². The van der Waals surface area contributed by atoms with Crippen molar-refractivity contribution in [3.05, 3.63) is 32.6 Å². The third-order valence-corrected chi connectivity index (χ3v) is 4.47. The molecule has 0 saturated heterocycles.